The van der Waals surface area contributed by atoms with E-state index in [-0.39, 0.29) is 16.3 Å². The molecule has 1 heterocycles. The third-order valence-corrected chi connectivity index (χ3v) is 5.34. The van der Waals surface area contributed by atoms with Crippen molar-refractivity contribution in [2.24, 2.45) is 7.05 Å². The van der Waals surface area contributed by atoms with Crippen LogP contribution in [-0.2, 0) is 17.1 Å². The van der Waals surface area contributed by atoms with E-state index in [1.807, 2.05) is 0 Å². The van der Waals surface area contributed by atoms with E-state index in [4.69, 9.17) is 11.6 Å². The van der Waals surface area contributed by atoms with Crippen molar-refractivity contribution in [3.8, 4) is 0 Å². The molecule has 0 fully saturated rings. The van der Waals surface area contributed by atoms with E-state index in [9.17, 15) is 22.3 Å². The Kier molecular flexibility index (Phi) is 5.67. The molecule has 6 nitrogen and oxygen atoms in total. The summed E-state index contributed by atoms with van der Waals surface area (Å²) in [5.74, 6) is -2.36. The maximum atomic E-state index is 13.4. The van der Waals surface area contributed by atoms with Gasteiger partial charge >= 0.3 is 0 Å². The van der Waals surface area contributed by atoms with Crippen LogP contribution >= 0.6 is 11.6 Å². The largest absolute Gasteiger partial charge is 0.368 e. The topological polar surface area (TPSA) is 83.4 Å². The van der Waals surface area contributed by atoms with Gasteiger partial charge in [-0.05, 0) is 32.9 Å². The Labute approximate surface area is 155 Å². The number of aliphatic hydroxyl groups excluding tert-OH is 1. The number of rotatable bonds is 5. The van der Waals surface area contributed by atoms with Gasteiger partial charge < -0.3 is 15.0 Å². The maximum Gasteiger partial charge on any atom is 0.242 e. The summed E-state index contributed by atoms with van der Waals surface area (Å²) in [7, 11) is -2.24. The number of anilines is 1. The van der Waals surface area contributed by atoms with Gasteiger partial charge in [0.15, 0.2) is 17.9 Å². The molecule has 144 valence electrons. The molecule has 0 spiro atoms. The number of benzene rings is 1. The zero-order valence-electron chi connectivity index (χ0n) is 14.6. The lowest BCUT2D eigenvalue weighted by Crippen LogP contribution is -2.40. The molecule has 26 heavy (non-hydrogen) atoms. The monoisotopic (exact) mass is 407 g/mol. The van der Waals surface area contributed by atoms with Crippen LogP contribution in [-0.4, -0.2) is 23.6 Å². The Morgan fingerprint density at radius 3 is 2.38 bits per heavy atom. The molecule has 2 rings (SSSR count). The predicted molar refractivity (Wildman–Crippen MR) is 95.4 cm³/mol. The third kappa shape index (κ3) is 4.73. The van der Waals surface area contributed by atoms with E-state index in [1.54, 1.807) is 27.8 Å². The summed E-state index contributed by atoms with van der Waals surface area (Å²) in [5, 5.41) is 12.4. The molecule has 3 N–H and O–H groups in total. The fourth-order valence-electron chi connectivity index (χ4n) is 2.30. The van der Waals surface area contributed by atoms with Gasteiger partial charge in [0, 0.05) is 30.5 Å². The zero-order valence-corrected chi connectivity index (χ0v) is 16.2. The average molecular weight is 408 g/mol. The van der Waals surface area contributed by atoms with Crippen molar-refractivity contribution in [2.75, 3.05) is 5.32 Å². The van der Waals surface area contributed by atoms with Crippen LogP contribution in [0.1, 0.15) is 32.7 Å². The second kappa shape index (κ2) is 7.15. The highest BCUT2D eigenvalue weighted by molar-refractivity contribution is 7.89. The predicted octanol–water partition coefficient (Wildman–Crippen LogP) is 3.14. The van der Waals surface area contributed by atoms with Gasteiger partial charge in [-0.1, -0.05) is 11.6 Å². The number of aliphatic hydroxyl groups is 1. The second-order valence-corrected chi connectivity index (χ2v) is 8.96. The fourth-order valence-corrected chi connectivity index (χ4v) is 4.01. The fraction of sp³-hybridized carbons (Fsp3) is 0.375. The van der Waals surface area contributed by atoms with Crippen molar-refractivity contribution in [1.82, 2.24) is 9.29 Å². The van der Waals surface area contributed by atoms with Crippen LogP contribution < -0.4 is 10.0 Å². The molecular formula is C16H20ClF2N3O3S. The molecule has 10 heteroatoms. The number of halogens is 3. The number of sulfonamides is 1. The maximum absolute atomic E-state index is 13.4. The van der Waals surface area contributed by atoms with Crippen molar-refractivity contribution >= 4 is 27.3 Å². The minimum absolute atomic E-state index is 0.0332. The lowest BCUT2D eigenvalue weighted by molar-refractivity contribution is 0.199. The number of nitrogens with zero attached hydrogens (tertiary/aromatic N) is 1. The highest BCUT2D eigenvalue weighted by Gasteiger charge is 2.25. The van der Waals surface area contributed by atoms with Gasteiger partial charge in [0.1, 0.15) is 4.90 Å². The van der Waals surface area contributed by atoms with Gasteiger partial charge in [0.05, 0.1) is 10.7 Å². The van der Waals surface area contributed by atoms with Gasteiger partial charge in [-0.3, -0.25) is 0 Å². The summed E-state index contributed by atoms with van der Waals surface area (Å²) in [5.41, 5.74) is -0.423. The van der Waals surface area contributed by atoms with Crippen LogP contribution in [0.4, 0.5) is 14.5 Å². The van der Waals surface area contributed by atoms with E-state index in [0.29, 0.717) is 0 Å². The number of hydrogen-bond donors (Lipinski definition) is 3. The molecule has 0 amide bonds. The van der Waals surface area contributed by atoms with Crippen molar-refractivity contribution < 1.29 is 22.3 Å². The van der Waals surface area contributed by atoms with Crippen molar-refractivity contribution in [3.63, 3.8) is 0 Å². The summed E-state index contributed by atoms with van der Waals surface area (Å²) < 4.78 is 55.3. The number of aryl methyl sites for hydroxylation is 1. The SMILES string of the molecule is Cn1cc(S(=O)(=O)NC(C)(C)C)cc1C(O)Nc1cc(F)c(F)c(Cl)c1. The van der Waals surface area contributed by atoms with Gasteiger partial charge in [-0.25, -0.2) is 21.9 Å². The molecule has 0 aliphatic carbocycles. The molecule has 0 saturated heterocycles. The molecule has 0 radical (unpaired) electrons. The van der Waals surface area contributed by atoms with E-state index in [2.05, 4.69) is 10.0 Å². The van der Waals surface area contributed by atoms with Gasteiger partial charge in [-0.15, -0.1) is 0 Å². The molecular weight excluding hydrogens is 388 g/mol. The molecule has 0 aliphatic heterocycles. The number of nitrogens with one attached hydrogen (secondary N) is 2. The van der Waals surface area contributed by atoms with Gasteiger partial charge in [-0.2, -0.15) is 0 Å². The Morgan fingerprint density at radius 2 is 1.85 bits per heavy atom. The Morgan fingerprint density at radius 1 is 1.23 bits per heavy atom. The summed E-state index contributed by atoms with van der Waals surface area (Å²) in [6.45, 7) is 5.12. The van der Waals surface area contributed by atoms with Crippen molar-refractivity contribution in [2.45, 2.75) is 37.4 Å². The minimum Gasteiger partial charge on any atom is -0.368 e. The van der Waals surface area contributed by atoms with E-state index >= 15 is 0 Å². The van der Waals surface area contributed by atoms with Crippen LogP contribution in [0.2, 0.25) is 5.02 Å². The first kappa shape index (κ1) is 20.6. The molecule has 1 aromatic carbocycles. The van der Waals surface area contributed by atoms with Gasteiger partial charge in [0.25, 0.3) is 0 Å². The highest BCUT2D eigenvalue weighted by Crippen LogP contribution is 2.26. The standard InChI is InChI=1S/C16H20ClF2N3O3S/c1-16(2,3)21-26(24,25)10-7-13(22(4)8-10)15(23)20-9-5-11(17)14(19)12(18)6-9/h5-8,15,20-21,23H,1-4H3. The average Bonchev–Trinajstić information content (AvgIpc) is 2.85. The Hall–Kier alpha value is -1.68. The molecule has 1 aromatic heterocycles. The Bertz CT molecular complexity index is 900. The molecule has 2 aromatic rings. The third-order valence-electron chi connectivity index (χ3n) is 3.34. The van der Waals surface area contributed by atoms with E-state index in [1.165, 1.54) is 16.8 Å². The number of aromatic nitrogens is 1. The highest BCUT2D eigenvalue weighted by atomic mass is 35.5. The van der Waals surface area contributed by atoms with Crippen LogP contribution in [0.15, 0.2) is 29.3 Å². The lowest BCUT2D eigenvalue weighted by atomic mass is 10.1. The molecule has 0 bridgehead atoms. The van der Waals surface area contributed by atoms with E-state index < -0.39 is 38.4 Å². The van der Waals surface area contributed by atoms with Crippen LogP contribution in [0.25, 0.3) is 0 Å². The normalized spacial score (nSPS) is 13.7. The zero-order chi connectivity index (χ0) is 19.9. The summed E-state index contributed by atoms with van der Waals surface area (Å²) >= 11 is 5.58. The second-order valence-electron chi connectivity index (χ2n) is 6.87. The first-order valence-corrected chi connectivity index (χ1v) is 9.45. The molecule has 0 aliphatic rings. The Balaban J connectivity index is 2.28. The quantitative estimate of drug-likeness (QED) is 0.525. The summed E-state index contributed by atoms with van der Waals surface area (Å²) in [6.07, 6.45) is -0.0356. The van der Waals surface area contributed by atoms with Crippen LogP contribution in [0.5, 0.6) is 0 Å². The van der Waals surface area contributed by atoms with E-state index in [0.717, 1.165) is 12.1 Å². The smallest absolute Gasteiger partial charge is 0.242 e. The van der Waals surface area contributed by atoms with Crippen LogP contribution in [0, 0.1) is 11.6 Å². The summed E-state index contributed by atoms with van der Waals surface area (Å²) in [6, 6.07) is 3.24. The van der Waals surface area contributed by atoms with Crippen molar-refractivity contribution in [3.05, 3.63) is 46.7 Å². The summed E-state index contributed by atoms with van der Waals surface area (Å²) in [4.78, 5) is -0.0332. The lowest BCUT2D eigenvalue weighted by Gasteiger charge is -2.19. The van der Waals surface area contributed by atoms with Gasteiger partial charge in [0.2, 0.25) is 10.0 Å². The minimum atomic E-state index is -3.79. The molecule has 1 atom stereocenters. The first-order valence-electron chi connectivity index (χ1n) is 7.59. The number of hydrogen-bond acceptors (Lipinski definition) is 4. The first-order chi connectivity index (χ1) is 11.8. The molecule has 0 saturated carbocycles. The van der Waals surface area contributed by atoms with Crippen molar-refractivity contribution in [1.29, 1.82) is 0 Å². The van der Waals surface area contributed by atoms with Crippen LogP contribution in [0.3, 0.4) is 0 Å². The molecule has 1 unspecified atom stereocenters.